The summed E-state index contributed by atoms with van der Waals surface area (Å²) in [4.78, 5) is 14.9. The number of fused-ring (bicyclic) bond motifs is 1. The molecule has 3 N–H and O–H groups in total. The molecule has 9 heteroatoms. The summed E-state index contributed by atoms with van der Waals surface area (Å²) in [7, 11) is 0. The van der Waals surface area contributed by atoms with Crippen molar-refractivity contribution >= 4 is 40.1 Å². The van der Waals surface area contributed by atoms with E-state index in [4.69, 9.17) is 0 Å². The molecule has 2 aromatic carbocycles. The molecule has 0 unspecified atom stereocenters. The number of rotatable bonds is 3. The van der Waals surface area contributed by atoms with Gasteiger partial charge in [-0.1, -0.05) is 0 Å². The molecule has 3 rings (SSSR count). The Bertz CT molecular complexity index is 906. The van der Waals surface area contributed by atoms with Gasteiger partial charge in [0.15, 0.2) is 0 Å². The van der Waals surface area contributed by atoms with E-state index in [0.29, 0.717) is 22.3 Å². The van der Waals surface area contributed by atoms with Gasteiger partial charge < -0.3 is 15.6 Å². The molecule has 0 atom stereocenters. The molecule has 0 spiro atoms. The van der Waals surface area contributed by atoms with Crippen LogP contribution in [0.2, 0.25) is 0 Å². The van der Waals surface area contributed by atoms with E-state index < -0.39 is 17.4 Å². The second kappa shape index (κ2) is 6.67. The van der Waals surface area contributed by atoms with Gasteiger partial charge in [-0.15, -0.1) is 0 Å². The molecule has 4 nitrogen and oxygen atoms in total. The van der Waals surface area contributed by atoms with Crippen molar-refractivity contribution in [2.75, 3.05) is 10.6 Å². The van der Waals surface area contributed by atoms with E-state index in [1.54, 1.807) is 0 Å². The Morgan fingerprint density at radius 1 is 1.04 bits per heavy atom. The molecule has 25 heavy (non-hydrogen) atoms. The van der Waals surface area contributed by atoms with Gasteiger partial charge in [-0.2, -0.15) is 13.2 Å². The number of anilines is 2. The molecule has 0 radical (unpaired) electrons. The molecular weight excluding hydrogens is 358 g/mol. The molecule has 0 aliphatic heterocycles. The van der Waals surface area contributed by atoms with Gasteiger partial charge in [-0.3, -0.25) is 0 Å². The number of alkyl halides is 3. The maximum absolute atomic E-state index is 13.1. The van der Waals surface area contributed by atoms with Gasteiger partial charge in [0, 0.05) is 22.2 Å². The van der Waals surface area contributed by atoms with Crippen LogP contribution >= 0.6 is 11.8 Å². The summed E-state index contributed by atoms with van der Waals surface area (Å²) < 4.78 is 50.0. The highest BCUT2D eigenvalue weighted by molar-refractivity contribution is 8.00. The number of hydrogen-bond donors (Lipinski definition) is 3. The van der Waals surface area contributed by atoms with Crippen molar-refractivity contribution < 1.29 is 22.4 Å². The van der Waals surface area contributed by atoms with Crippen molar-refractivity contribution in [3.8, 4) is 0 Å². The lowest BCUT2D eigenvalue weighted by molar-refractivity contribution is -0.0328. The lowest BCUT2D eigenvalue weighted by Crippen LogP contribution is -2.19. The molecule has 0 saturated carbocycles. The predicted molar refractivity (Wildman–Crippen MR) is 89.3 cm³/mol. The van der Waals surface area contributed by atoms with Crippen LogP contribution in [0.15, 0.2) is 53.6 Å². The van der Waals surface area contributed by atoms with Gasteiger partial charge in [-0.25, -0.2) is 9.18 Å². The van der Waals surface area contributed by atoms with E-state index in [1.807, 2.05) is 0 Å². The Labute approximate surface area is 143 Å². The lowest BCUT2D eigenvalue weighted by Gasteiger charge is -2.09. The molecule has 0 aliphatic carbocycles. The predicted octanol–water partition coefficient (Wildman–Crippen LogP) is 5.56. The summed E-state index contributed by atoms with van der Waals surface area (Å²) in [6.07, 6.45) is 1.52. The zero-order chi connectivity index (χ0) is 18.0. The van der Waals surface area contributed by atoms with Gasteiger partial charge in [-0.05, 0) is 54.2 Å². The zero-order valence-corrected chi connectivity index (χ0v) is 13.3. The van der Waals surface area contributed by atoms with Crippen LogP contribution in [0.25, 0.3) is 10.9 Å². The summed E-state index contributed by atoms with van der Waals surface area (Å²) >= 11 is -0.228. The monoisotopic (exact) mass is 369 g/mol. The van der Waals surface area contributed by atoms with Crippen molar-refractivity contribution in [2.24, 2.45) is 0 Å². The third-order valence-electron chi connectivity index (χ3n) is 3.24. The fourth-order valence-corrected chi connectivity index (χ4v) is 2.77. The zero-order valence-electron chi connectivity index (χ0n) is 12.4. The van der Waals surface area contributed by atoms with Crippen LogP contribution in [-0.2, 0) is 0 Å². The number of nitrogens with one attached hydrogen (secondary N) is 3. The first-order chi connectivity index (χ1) is 11.8. The summed E-state index contributed by atoms with van der Waals surface area (Å²) in [5.41, 5.74) is -3.03. The van der Waals surface area contributed by atoms with Gasteiger partial charge in [0.25, 0.3) is 0 Å². The third-order valence-corrected chi connectivity index (χ3v) is 3.98. The first kappa shape index (κ1) is 17.2. The maximum atomic E-state index is 13.1. The largest absolute Gasteiger partial charge is 0.446 e. The number of halogens is 4. The number of aromatic nitrogens is 1. The van der Waals surface area contributed by atoms with Crippen LogP contribution in [-0.4, -0.2) is 16.5 Å². The highest BCUT2D eigenvalue weighted by atomic mass is 32.2. The van der Waals surface area contributed by atoms with Crippen LogP contribution in [0.3, 0.4) is 0 Å². The van der Waals surface area contributed by atoms with Crippen LogP contribution in [0, 0.1) is 5.82 Å². The first-order valence-electron chi connectivity index (χ1n) is 7.01. The van der Waals surface area contributed by atoms with Crippen molar-refractivity contribution in [1.82, 2.24) is 4.98 Å². The summed E-state index contributed by atoms with van der Waals surface area (Å²) in [5, 5.41) is 5.75. The van der Waals surface area contributed by atoms with E-state index in [2.05, 4.69) is 15.6 Å². The number of carbonyl (C=O) groups is 1. The number of amides is 2. The van der Waals surface area contributed by atoms with E-state index in [-0.39, 0.29) is 16.7 Å². The number of hydrogen-bond acceptors (Lipinski definition) is 2. The average Bonchev–Trinajstić information content (AvgIpc) is 2.90. The van der Waals surface area contributed by atoms with Gasteiger partial charge in [0.2, 0.25) is 0 Å². The average molecular weight is 369 g/mol. The van der Waals surface area contributed by atoms with Crippen LogP contribution in [0.4, 0.5) is 33.7 Å². The Kier molecular flexibility index (Phi) is 4.58. The van der Waals surface area contributed by atoms with Crippen LogP contribution < -0.4 is 10.6 Å². The van der Waals surface area contributed by atoms with Gasteiger partial charge in [0.05, 0.1) is 11.2 Å². The van der Waals surface area contributed by atoms with Crippen molar-refractivity contribution in [3.05, 3.63) is 54.5 Å². The number of carbonyl (C=O) groups excluding carboxylic acids is 1. The molecule has 0 saturated heterocycles. The van der Waals surface area contributed by atoms with E-state index in [0.717, 1.165) is 0 Å². The van der Waals surface area contributed by atoms with E-state index >= 15 is 0 Å². The topological polar surface area (TPSA) is 56.9 Å². The van der Waals surface area contributed by atoms with Crippen molar-refractivity contribution in [1.29, 1.82) is 0 Å². The molecule has 130 valence electrons. The minimum atomic E-state index is -4.36. The molecule has 1 aromatic heterocycles. The van der Waals surface area contributed by atoms with Gasteiger partial charge in [0.1, 0.15) is 5.82 Å². The number of H-pyrrole nitrogens is 1. The Balaban J connectivity index is 1.66. The molecule has 1 heterocycles. The maximum Gasteiger partial charge on any atom is 0.446 e. The minimum absolute atomic E-state index is 0.0251. The second-order valence-corrected chi connectivity index (χ2v) is 6.18. The summed E-state index contributed by atoms with van der Waals surface area (Å²) in [5.74, 6) is -0.401. The quantitative estimate of drug-likeness (QED) is 0.418. The second-order valence-electron chi connectivity index (χ2n) is 5.04. The fraction of sp³-hybridized carbons (Fsp3) is 0.0625. The molecule has 0 fully saturated rings. The molecule has 3 aromatic rings. The third kappa shape index (κ3) is 4.44. The summed E-state index contributed by atoms with van der Waals surface area (Å²) in [6, 6.07) is 8.81. The number of thioether (sulfide) groups is 1. The van der Waals surface area contributed by atoms with Crippen molar-refractivity contribution in [2.45, 2.75) is 10.4 Å². The highest BCUT2D eigenvalue weighted by Crippen LogP contribution is 2.37. The van der Waals surface area contributed by atoms with E-state index in [1.165, 1.54) is 48.7 Å². The highest BCUT2D eigenvalue weighted by Gasteiger charge is 2.29. The Morgan fingerprint density at radius 3 is 2.44 bits per heavy atom. The van der Waals surface area contributed by atoms with Crippen molar-refractivity contribution in [3.63, 3.8) is 0 Å². The Hall–Kier alpha value is -2.68. The van der Waals surface area contributed by atoms with Gasteiger partial charge >= 0.3 is 11.5 Å². The summed E-state index contributed by atoms with van der Waals surface area (Å²) in [6.45, 7) is 0. The first-order valence-corrected chi connectivity index (χ1v) is 7.82. The number of benzene rings is 2. The lowest BCUT2D eigenvalue weighted by atomic mass is 10.2. The Morgan fingerprint density at radius 2 is 1.76 bits per heavy atom. The number of aromatic amines is 1. The SMILES string of the molecule is O=C(Nc1ccc(SC(F)(F)F)cc1)Nc1c[nH]c2cc(F)ccc12. The standard InChI is InChI=1S/C16H11F4N3OS/c17-9-1-6-12-13(7-9)21-8-14(12)23-15(24)22-10-2-4-11(5-3-10)25-16(18,19)20/h1-8,21H,(H2,22,23,24). The molecule has 2 amide bonds. The van der Waals surface area contributed by atoms with Crippen LogP contribution in [0.1, 0.15) is 0 Å². The van der Waals surface area contributed by atoms with Crippen LogP contribution in [0.5, 0.6) is 0 Å². The minimum Gasteiger partial charge on any atom is -0.359 e. The molecular formula is C16H11F4N3OS. The molecule has 0 aliphatic rings. The normalized spacial score (nSPS) is 11.5. The number of urea groups is 1. The smallest absolute Gasteiger partial charge is 0.359 e. The van der Waals surface area contributed by atoms with E-state index in [9.17, 15) is 22.4 Å². The fourth-order valence-electron chi connectivity index (χ4n) is 2.23. The molecule has 0 bridgehead atoms.